The van der Waals surface area contributed by atoms with E-state index >= 15 is 0 Å². The van der Waals surface area contributed by atoms with Crippen LogP contribution in [0.5, 0.6) is 0 Å². The van der Waals surface area contributed by atoms with E-state index < -0.39 is 5.60 Å². The van der Waals surface area contributed by atoms with Crippen molar-refractivity contribution in [3.8, 4) is 0 Å². The number of nitrogens with two attached hydrogens (primary N) is 1. The zero-order chi connectivity index (χ0) is 18.6. The molecular formula is C20H29N3O3. The van der Waals surface area contributed by atoms with Crippen molar-refractivity contribution in [2.45, 2.75) is 44.1 Å². The molecule has 0 radical (unpaired) electrons. The molecule has 2 heterocycles. The van der Waals surface area contributed by atoms with Crippen molar-refractivity contribution in [2.24, 2.45) is 5.73 Å². The lowest BCUT2D eigenvalue weighted by Crippen LogP contribution is -2.51. The van der Waals surface area contributed by atoms with Gasteiger partial charge in [0.1, 0.15) is 0 Å². The number of anilines is 1. The van der Waals surface area contributed by atoms with Gasteiger partial charge < -0.3 is 20.3 Å². The van der Waals surface area contributed by atoms with Crippen LogP contribution in [0.2, 0.25) is 0 Å². The molecule has 26 heavy (non-hydrogen) atoms. The smallest absolute Gasteiger partial charge is 0.253 e. The number of ether oxygens (including phenoxy) is 1. The molecule has 0 aliphatic carbocycles. The van der Waals surface area contributed by atoms with Crippen LogP contribution in [-0.2, 0) is 9.53 Å². The fraction of sp³-hybridized carbons (Fsp3) is 0.600. The molecule has 2 saturated heterocycles. The van der Waals surface area contributed by atoms with Crippen molar-refractivity contribution in [2.75, 3.05) is 38.2 Å². The summed E-state index contributed by atoms with van der Waals surface area (Å²) in [4.78, 5) is 28.3. The number of benzene rings is 1. The number of carbonyl (C=O) groups is 2. The second kappa shape index (κ2) is 8.08. The first-order valence-electron chi connectivity index (χ1n) is 9.51. The number of amides is 2. The molecule has 2 amide bonds. The third kappa shape index (κ3) is 4.18. The summed E-state index contributed by atoms with van der Waals surface area (Å²) >= 11 is 0. The summed E-state index contributed by atoms with van der Waals surface area (Å²) in [5.74, 6) is -0.305. The number of primary amides is 1. The Morgan fingerprint density at radius 1 is 1.12 bits per heavy atom. The van der Waals surface area contributed by atoms with Crippen LogP contribution in [0.25, 0.3) is 0 Å². The normalized spacial score (nSPS) is 23.3. The van der Waals surface area contributed by atoms with Gasteiger partial charge in [-0.25, -0.2) is 0 Å². The topological polar surface area (TPSA) is 75.9 Å². The maximum atomic E-state index is 12.9. The highest BCUT2D eigenvalue weighted by atomic mass is 16.5. The molecule has 0 bridgehead atoms. The molecule has 0 saturated carbocycles. The van der Waals surface area contributed by atoms with Crippen molar-refractivity contribution in [1.29, 1.82) is 0 Å². The molecule has 3 rings (SSSR count). The third-order valence-electron chi connectivity index (χ3n) is 5.67. The SMILES string of the molecule is CO[C@@]1(CCC(N)=O)CCCN(C(=O)c2ccc(N3CCCC3)cc2)C1. The Morgan fingerprint density at radius 2 is 1.81 bits per heavy atom. The highest BCUT2D eigenvalue weighted by molar-refractivity contribution is 5.94. The Hall–Kier alpha value is -2.08. The Bertz CT molecular complexity index is 640. The maximum absolute atomic E-state index is 12.9. The van der Waals surface area contributed by atoms with Crippen LogP contribution in [0, 0.1) is 0 Å². The molecule has 1 aromatic carbocycles. The van der Waals surface area contributed by atoms with Gasteiger partial charge in [0.2, 0.25) is 5.91 Å². The predicted molar refractivity (Wildman–Crippen MR) is 101 cm³/mol. The number of carbonyl (C=O) groups excluding carboxylic acids is 2. The lowest BCUT2D eigenvalue weighted by molar-refractivity contribution is -0.120. The second-order valence-electron chi connectivity index (χ2n) is 7.42. The Labute approximate surface area is 155 Å². The average molecular weight is 359 g/mol. The number of nitrogens with zero attached hydrogens (tertiary/aromatic N) is 2. The van der Waals surface area contributed by atoms with E-state index in [1.165, 1.54) is 18.5 Å². The first-order valence-corrected chi connectivity index (χ1v) is 9.51. The van der Waals surface area contributed by atoms with Crippen molar-refractivity contribution in [3.05, 3.63) is 29.8 Å². The van der Waals surface area contributed by atoms with E-state index in [1.807, 2.05) is 29.2 Å². The Balaban J connectivity index is 1.67. The highest BCUT2D eigenvalue weighted by Crippen LogP contribution is 2.30. The summed E-state index contributed by atoms with van der Waals surface area (Å²) in [5, 5.41) is 0. The van der Waals surface area contributed by atoms with E-state index in [2.05, 4.69) is 4.90 Å². The number of likely N-dealkylation sites (tertiary alicyclic amines) is 1. The summed E-state index contributed by atoms with van der Waals surface area (Å²) < 4.78 is 5.72. The van der Waals surface area contributed by atoms with Crippen molar-refractivity contribution in [1.82, 2.24) is 4.90 Å². The first kappa shape index (κ1) is 18.7. The maximum Gasteiger partial charge on any atom is 0.253 e. The molecule has 6 nitrogen and oxygen atoms in total. The lowest BCUT2D eigenvalue weighted by atomic mass is 9.87. The minimum atomic E-state index is -0.474. The van der Waals surface area contributed by atoms with Gasteiger partial charge in [0.25, 0.3) is 5.91 Å². The Kier molecular flexibility index (Phi) is 5.81. The van der Waals surface area contributed by atoms with Gasteiger partial charge in [-0.2, -0.15) is 0 Å². The molecular weight excluding hydrogens is 330 g/mol. The van der Waals surface area contributed by atoms with E-state index in [4.69, 9.17) is 10.5 Å². The summed E-state index contributed by atoms with van der Waals surface area (Å²) in [6.45, 7) is 3.41. The van der Waals surface area contributed by atoms with Gasteiger partial charge in [-0.15, -0.1) is 0 Å². The van der Waals surface area contributed by atoms with Gasteiger partial charge in [0.05, 0.1) is 5.60 Å². The van der Waals surface area contributed by atoms with Crippen LogP contribution < -0.4 is 10.6 Å². The number of piperidine rings is 1. The van der Waals surface area contributed by atoms with E-state index in [9.17, 15) is 9.59 Å². The first-order chi connectivity index (χ1) is 12.5. The summed E-state index contributed by atoms with van der Waals surface area (Å²) in [6.07, 6.45) is 5.01. The van der Waals surface area contributed by atoms with Gasteiger partial charge in [-0.1, -0.05) is 0 Å². The van der Waals surface area contributed by atoms with Crippen LogP contribution >= 0.6 is 0 Å². The monoisotopic (exact) mass is 359 g/mol. The molecule has 0 spiro atoms. The standard InChI is InChI=1S/C20H29N3O3/c1-26-20(11-9-18(21)24)10-4-14-23(15-20)19(25)16-5-7-17(8-6-16)22-12-2-3-13-22/h5-8H,2-4,9-15H2,1H3,(H2,21,24)/t20-/m1/s1. The number of hydrogen-bond donors (Lipinski definition) is 1. The van der Waals surface area contributed by atoms with Gasteiger partial charge in [-0.05, 0) is 56.4 Å². The molecule has 1 atom stereocenters. The molecule has 1 aromatic rings. The summed E-state index contributed by atoms with van der Waals surface area (Å²) in [6, 6.07) is 7.92. The fourth-order valence-corrected chi connectivity index (χ4v) is 4.07. The molecule has 2 aliphatic rings. The van der Waals surface area contributed by atoms with Crippen LogP contribution in [-0.4, -0.2) is 55.6 Å². The number of hydrogen-bond acceptors (Lipinski definition) is 4. The Morgan fingerprint density at radius 3 is 2.42 bits per heavy atom. The number of methoxy groups -OCH3 is 1. The molecule has 0 unspecified atom stereocenters. The van der Waals surface area contributed by atoms with Crippen molar-refractivity contribution < 1.29 is 14.3 Å². The lowest BCUT2D eigenvalue weighted by Gasteiger charge is -2.42. The molecule has 2 N–H and O–H groups in total. The summed E-state index contributed by atoms with van der Waals surface area (Å²) in [7, 11) is 1.65. The van der Waals surface area contributed by atoms with E-state index in [0.29, 0.717) is 25.1 Å². The minimum Gasteiger partial charge on any atom is -0.376 e. The third-order valence-corrected chi connectivity index (χ3v) is 5.67. The van der Waals surface area contributed by atoms with Gasteiger partial charge >= 0.3 is 0 Å². The zero-order valence-electron chi connectivity index (χ0n) is 15.6. The van der Waals surface area contributed by atoms with E-state index in [-0.39, 0.29) is 18.2 Å². The predicted octanol–water partition coefficient (Wildman–Crippen LogP) is 2.17. The highest BCUT2D eigenvalue weighted by Gasteiger charge is 2.37. The number of rotatable bonds is 6. The molecule has 2 aliphatic heterocycles. The molecule has 6 heteroatoms. The van der Waals surface area contributed by atoms with E-state index in [1.54, 1.807) is 7.11 Å². The van der Waals surface area contributed by atoms with Gasteiger partial charge in [-0.3, -0.25) is 9.59 Å². The molecule has 142 valence electrons. The second-order valence-corrected chi connectivity index (χ2v) is 7.42. The van der Waals surface area contributed by atoms with Crippen molar-refractivity contribution in [3.63, 3.8) is 0 Å². The quantitative estimate of drug-likeness (QED) is 0.845. The summed E-state index contributed by atoms with van der Waals surface area (Å²) in [5.41, 5.74) is 6.71. The van der Waals surface area contributed by atoms with Crippen LogP contribution in [0.3, 0.4) is 0 Å². The molecule has 0 aromatic heterocycles. The van der Waals surface area contributed by atoms with Gasteiger partial charge in [0, 0.05) is 51.0 Å². The minimum absolute atomic E-state index is 0.0261. The van der Waals surface area contributed by atoms with Crippen molar-refractivity contribution >= 4 is 17.5 Å². The van der Waals surface area contributed by atoms with Crippen LogP contribution in [0.1, 0.15) is 48.9 Å². The fourth-order valence-electron chi connectivity index (χ4n) is 4.07. The zero-order valence-corrected chi connectivity index (χ0v) is 15.6. The van der Waals surface area contributed by atoms with Crippen LogP contribution in [0.15, 0.2) is 24.3 Å². The largest absolute Gasteiger partial charge is 0.376 e. The molecule has 2 fully saturated rings. The van der Waals surface area contributed by atoms with E-state index in [0.717, 1.165) is 25.9 Å². The average Bonchev–Trinajstić information content (AvgIpc) is 3.21. The van der Waals surface area contributed by atoms with Crippen LogP contribution in [0.4, 0.5) is 5.69 Å². The van der Waals surface area contributed by atoms with Gasteiger partial charge in [0.15, 0.2) is 0 Å².